The van der Waals surface area contributed by atoms with Gasteiger partial charge in [-0.25, -0.2) is 12.4 Å². The molecule has 0 aliphatic carbocycles. The molecule has 3 aromatic rings. The Morgan fingerprint density at radius 3 is 2.37 bits per heavy atom. The van der Waals surface area contributed by atoms with E-state index in [-0.39, 0.29) is 0 Å². The van der Waals surface area contributed by atoms with Crippen molar-refractivity contribution in [3.8, 4) is 11.3 Å². The lowest BCUT2D eigenvalue weighted by molar-refractivity contribution is -0.138. The van der Waals surface area contributed by atoms with Gasteiger partial charge in [-0.05, 0) is 30.2 Å². The van der Waals surface area contributed by atoms with Crippen LogP contribution in [-0.2, 0) is 16.2 Å². The molecule has 2 aromatic heterocycles. The van der Waals surface area contributed by atoms with E-state index in [1.54, 1.807) is 43.3 Å². The van der Waals surface area contributed by atoms with Crippen molar-refractivity contribution in [3.63, 3.8) is 0 Å². The maximum atomic E-state index is 13.1. The Balaban J connectivity index is 2.21. The summed E-state index contributed by atoms with van der Waals surface area (Å²) < 4.78 is 65.9. The van der Waals surface area contributed by atoms with Crippen LogP contribution in [-0.4, -0.2) is 17.4 Å². The molecule has 142 valence electrons. The van der Waals surface area contributed by atoms with Crippen LogP contribution >= 0.6 is 0 Å². The Morgan fingerprint density at radius 1 is 1.11 bits per heavy atom. The average Bonchev–Trinajstić information content (AvgIpc) is 3.08. The summed E-state index contributed by atoms with van der Waals surface area (Å²) in [5.74, 6) is 0. The first kappa shape index (κ1) is 19.1. The highest BCUT2D eigenvalue weighted by Gasteiger charge is 2.33. The molecule has 3 rings (SSSR count). The number of hydrogen-bond acceptors (Lipinski definition) is 4. The summed E-state index contributed by atoms with van der Waals surface area (Å²) in [6, 6.07) is 10.4. The first-order valence-electron chi connectivity index (χ1n) is 7.92. The first-order chi connectivity index (χ1) is 12.6. The molecule has 27 heavy (non-hydrogen) atoms. The molecule has 1 unspecified atom stereocenters. The molecule has 0 bridgehead atoms. The zero-order chi connectivity index (χ0) is 19.8. The zero-order valence-corrected chi connectivity index (χ0v) is 15.0. The molecule has 2 N–H and O–H groups in total. The fraction of sp³-hybridized carbons (Fsp3) is 0.167. The van der Waals surface area contributed by atoms with Crippen LogP contribution in [0.15, 0.2) is 66.0 Å². The van der Waals surface area contributed by atoms with Crippen LogP contribution in [0, 0.1) is 0 Å². The molecular weight excluding hydrogens is 379 g/mol. The maximum absolute atomic E-state index is 13.1. The summed E-state index contributed by atoms with van der Waals surface area (Å²) in [5.41, 5.74) is 6.17. The Labute approximate surface area is 154 Å². The van der Waals surface area contributed by atoms with Crippen molar-refractivity contribution in [3.05, 3.63) is 72.2 Å². The van der Waals surface area contributed by atoms with Gasteiger partial charge in [-0.1, -0.05) is 30.3 Å². The number of alkyl halides is 3. The number of pyridine rings is 1. The fourth-order valence-electron chi connectivity index (χ4n) is 2.56. The van der Waals surface area contributed by atoms with Crippen molar-refractivity contribution in [2.75, 3.05) is 0 Å². The molecule has 2 heterocycles. The standard InChI is InChI=1S/C18H16F3N3O2S/c1-12(22)14-7-17(13-5-3-2-4-6-13)24(11-14)27(25,26)16-8-15(9-23-10-16)18(19,20)21/h2-12H,22H2,1H3. The highest BCUT2D eigenvalue weighted by molar-refractivity contribution is 7.90. The van der Waals surface area contributed by atoms with E-state index < -0.39 is 32.7 Å². The molecule has 0 amide bonds. The van der Waals surface area contributed by atoms with E-state index in [0.29, 0.717) is 29.1 Å². The number of rotatable bonds is 4. The molecule has 9 heteroatoms. The zero-order valence-electron chi connectivity index (χ0n) is 14.2. The molecule has 0 spiro atoms. The number of nitrogens with two attached hydrogens (primary N) is 1. The van der Waals surface area contributed by atoms with Gasteiger partial charge in [-0.2, -0.15) is 13.2 Å². The van der Waals surface area contributed by atoms with Crippen LogP contribution < -0.4 is 5.73 Å². The van der Waals surface area contributed by atoms with Crippen molar-refractivity contribution in [1.82, 2.24) is 8.96 Å². The summed E-state index contributed by atoms with van der Waals surface area (Å²) in [7, 11) is -4.31. The Morgan fingerprint density at radius 2 is 1.78 bits per heavy atom. The third-order valence-corrected chi connectivity index (χ3v) is 5.64. The fourth-order valence-corrected chi connectivity index (χ4v) is 3.93. The lowest BCUT2D eigenvalue weighted by Crippen LogP contribution is -2.15. The molecule has 1 aromatic carbocycles. The summed E-state index contributed by atoms with van der Waals surface area (Å²) in [6.07, 6.45) is -1.90. The van der Waals surface area contributed by atoms with Crippen LogP contribution in [0.2, 0.25) is 0 Å². The van der Waals surface area contributed by atoms with Gasteiger partial charge in [0.25, 0.3) is 10.0 Å². The van der Waals surface area contributed by atoms with Crippen molar-refractivity contribution in [1.29, 1.82) is 0 Å². The highest BCUT2D eigenvalue weighted by atomic mass is 32.2. The third-order valence-electron chi connectivity index (χ3n) is 4.00. The van der Waals surface area contributed by atoms with Gasteiger partial charge in [0.2, 0.25) is 0 Å². The van der Waals surface area contributed by atoms with Gasteiger partial charge in [0, 0.05) is 24.6 Å². The normalized spacial score (nSPS) is 13.5. The lowest BCUT2D eigenvalue weighted by atomic mass is 10.1. The monoisotopic (exact) mass is 395 g/mol. The second-order valence-corrected chi connectivity index (χ2v) is 7.84. The summed E-state index contributed by atoms with van der Waals surface area (Å²) in [4.78, 5) is 2.90. The van der Waals surface area contributed by atoms with Crippen LogP contribution in [0.4, 0.5) is 13.2 Å². The molecular formula is C18H16F3N3O2S. The van der Waals surface area contributed by atoms with Gasteiger partial charge in [0.1, 0.15) is 4.90 Å². The SMILES string of the molecule is CC(N)c1cc(-c2ccccc2)n(S(=O)(=O)c2cncc(C(F)(F)F)c2)c1. The first-order valence-corrected chi connectivity index (χ1v) is 9.36. The summed E-state index contributed by atoms with van der Waals surface area (Å²) >= 11 is 0. The van der Waals surface area contributed by atoms with Gasteiger partial charge < -0.3 is 5.73 Å². The van der Waals surface area contributed by atoms with E-state index in [9.17, 15) is 21.6 Å². The Kier molecular flexibility index (Phi) is 4.83. The van der Waals surface area contributed by atoms with E-state index in [1.807, 2.05) is 0 Å². The van der Waals surface area contributed by atoms with Crippen LogP contribution in [0.3, 0.4) is 0 Å². The predicted octanol–water partition coefficient (Wildman–Crippen LogP) is 3.83. The smallest absolute Gasteiger partial charge is 0.324 e. The average molecular weight is 395 g/mol. The topological polar surface area (TPSA) is 78.0 Å². The van der Waals surface area contributed by atoms with Gasteiger partial charge >= 0.3 is 6.18 Å². The van der Waals surface area contributed by atoms with E-state index in [2.05, 4.69) is 4.98 Å². The minimum atomic E-state index is -4.70. The minimum absolute atomic E-state index is 0.306. The number of benzene rings is 1. The lowest BCUT2D eigenvalue weighted by Gasteiger charge is -2.12. The number of aromatic nitrogens is 2. The largest absolute Gasteiger partial charge is 0.417 e. The van der Waals surface area contributed by atoms with Gasteiger partial charge in [-0.15, -0.1) is 0 Å². The molecule has 1 atom stereocenters. The van der Waals surface area contributed by atoms with Crippen molar-refractivity contribution in [2.45, 2.75) is 24.0 Å². The number of nitrogens with zero attached hydrogens (tertiary/aromatic N) is 2. The maximum Gasteiger partial charge on any atom is 0.417 e. The second kappa shape index (κ2) is 6.82. The summed E-state index contributed by atoms with van der Waals surface area (Å²) in [6.45, 7) is 1.69. The van der Waals surface area contributed by atoms with E-state index in [4.69, 9.17) is 5.73 Å². The van der Waals surface area contributed by atoms with Crippen LogP contribution in [0.1, 0.15) is 24.1 Å². The summed E-state index contributed by atoms with van der Waals surface area (Å²) in [5, 5.41) is 0. The van der Waals surface area contributed by atoms with Gasteiger partial charge in [-0.3, -0.25) is 4.98 Å². The molecule has 0 saturated heterocycles. The third kappa shape index (κ3) is 3.74. The molecule has 0 radical (unpaired) electrons. The predicted molar refractivity (Wildman–Crippen MR) is 94.3 cm³/mol. The number of hydrogen-bond donors (Lipinski definition) is 1. The van der Waals surface area contributed by atoms with Crippen molar-refractivity contribution < 1.29 is 21.6 Å². The van der Waals surface area contributed by atoms with E-state index in [1.165, 1.54) is 6.20 Å². The molecule has 5 nitrogen and oxygen atoms in total. The Hall–Kier alpha value is -2.65. The van der Waals surface area contributed by atoms with Gasteiger partial charge in [0.15, 0.2) is 0 Å². The second-order valence-electron chi connectivity index (χ2n) is 6.02. The number of halogens is 3. The van der Waals surface area contributed by atoms with Crippen molar-refractivity contribution >= 4 is 10.0 Å². The molecule has 0 aliphatic heterocycles. The van der Waals surface area contributed by atoms with Crippen LogP contribution in [0.5, 0.6) is 0 Å². The minimum Gasteiger partial charge on any atom is -0.324 e. The molecule has 0 saturated carbocycles. The Bertz CT molecular complexity index is 1060. The highest BCUT2D eigenvalue weighted by Crippen LogP contribution is 2.32. The molecule has 0 aliphatic rings. The van der Waals surface area contributed by atoms with Crippen molar-refractivity contribution in [2.24, 2.45) is 5.73 Å². The van der Waals surface area contributed by atoms with E-state index >= 15 is 0 Å². The van der Waals surface area contributed by atoms with E-state index in [0.717, 1.165) is 10.2 Å². The van der Waals surface area contributed by atoms with Gasteiger partial charge in [0.05, 0.1) is 11.3 Å². The van der Waals surface area contributed by atoms with Crippen LogP contribution in [0.25, 0.3) is 11.3 Å². The quantitative estimate of drug-likeness (QED) is 0.728. The molecule has 0 fully saturated rings.